The lowest BCUT2D eigenvalue weighted by Crippen LogP contribution is -2.47. The second kappa shape index (κ2) is 5.49. The van der Waals surface area contributed by atoms with Gasteiger partial charge >= 0.3 is 12.1 Å². The normalized spacial score (nSPS) is 20.7. The number of hydrogen-bond acceptors (Lipinski definition) is 3. The maximum absolute atomic E-state index is 13.2. The molecule has 8 heteroatoms. The van der Waals surface area contributed by atoms with Crippen molar-refractivity contribution in [1.29, 1.82) is 0 Å². The Morgan fingerprint density at radius 2 is 2.09 bits per heavy atom. The lowest BCUT2D eigenvalue weighted by atomic mass is 9.88. The fraction of sp³-hybridized carbons (Fsp3) is 0.267. The van der Waals surface area contributed by atoms with Crippen molar-refractivity contribution in [3.05, 3.63) is 41.1 Å². The predicted octanol–water partition coefficient (Wildman–Crippen LogP) is 4.17. The van der Waals surface area contributed by atoms with E-state index in [0.29, 0.717) is 11.3 Å². The summed E-state index contributed by atoms with van der Waals surface area (Å²) in [7, 11) is 0. The van der Waals surface area contributed by atoms with Gasteiger partial charge in [-0.05, 0) is 36.2 Å². The van der Waals surface area contributed by atoms with E-state index in [4.69, 9.17) is 25.9 Å². The summed E-state index contributed by atoms with van der Waals surface area (Å²) in [6.45, 7) is 0. The van der Waals surface area contributed by atoms with Gasteiger partial charge in [0.25, 0.3) is 0 Å². The van der Waals surface area contributed by atoms with Gasteiger partial charge in [-0.25, -0.2) is 0 Å². The number of alkyl halides is 3. The summed E-state index contributed by atoms with van der Waals surface area (Å²) < 4.78 is 49.7. The van der Waals surface area contributed by atoms with Crippen molar-refractivity contribution in [2.45, 2.75) is 18.7 Å². The maximum Gasteiger partial charge on any atom is 0.426 e. The Labute approximate surface area is 133 Å². The molecule has 2 heterocycles. The van der Waals surface area contributed by atoms with Gasteiger partial charge in [-0.1, -0.05) is 11.6 Å². The molecule has 2 unspecified atom stereocenters. The van der Waals surface area contributed by atoms with Crippen LogP contribution in [-0.4, -0.2) is 23.4 Å². The quantitative estimate of drug-likeness (QED) is 0.886. The molecule has 1 aliphatic heterocycles. The van der Waals surface area contributed by atoms with Gasteiger partial charge in [-0.15, -0.1) is 0 Å². The molecule has 0 saturated carbocycles. The molecule has 122 valence electrons. The van der Waals surface area contributed by atoms with E-state index in [1.165, 1.54) is 18.4 Å². The molecule has 23 heavy (non-hydrogen) atoms. The van der Waals surface area contributed by atoms with Crippen molar-refractivity contribution in [2.75, 3.05) is 0 Å². The molecule has 1 aromatic carbocycles. The fourth-order valence-corrected chi connectivity index (χ4v) is 2.86. The van der Waals surface area contributed by atoms with Gasteiger partial charge in [-0.3, -0.25) is 4.79 Å². The SMILES string of the molecule is O=C(O)C1Cc2cc(Cl)cc(-c3ccco3)c2OC1C(F)(F)F. The second-order valence-corrected chi connectivity index (χ2v) is 5.58. The number of carboxylic acid groups (broad SMARTS) is 1. The highest BCUT2D eigenvalue weighted by Gasteiger charge is 2.52. The zero-order valence-corrected chi connectivity index (χ0v) is 12.2. The Morgan fingerprint density at radius 1 is 1.35 bits per heavy atom. The third kappa shape index (κ3) is 2.88. The molecule has 2 aromatic rings. The summed E-state index contributed by atoms with van der Waals surface area (Å²) in [4.78, 5) is 11.2. The van der Waals surface area contributed by atoms with Gasteiger partial charge in [0.05, 0.1) is 11.8 Å². The number of rotatable bonds is 2. The lowest BCUT2D eigenvalue weighted by Gasteiger charge is -2.33. The van der Waals surface area contributed by atoms with Crippen molar-refractivity contribution in [1.82, 2.24) is 0 Å². The molecule has 1 aromatic heterocycles. The Hall–Kier alpha value is -2.15. The summed E-state index contributed by atoms with van der Waals surface area (Å²) in [5.74, 6) is -3.06. The number of ether oxygens (including phenoxy) is 1. The van der Waals surface area contributed by atoms with Gasteiger partial charge in [0.15, 0.2) is 0 Å². The molecule has 0 saturated heterocycles. The summed E-state index contributed by atoms with van der Waals surface area (Å²) in [5.41, 5.74) is 0.562. The van der Waals surface area contributed by atoms with Crippen LogP contribution in [0.5, 0.6) is 5.75 Å². The number of aliphatic carboxylic acids is 1. The number of fused-ring (bicyclic) bond motifs is 1. The molecule has 1 N–H and O–H groups in total. The summed E-state index contributed by atoms with van der Waals surface area (Å²) >= 11 is 5.99. The van der Waals surface area contributed by atoms with Gasteiger partial charge < -0.3 is 14.3 Å². The van der Waals surface area contributed by atoms with Crippen molar-refractivity contribution < 1.29 is 32.2 Å². The van der Waals surface area contributed by atoms with Crippen LogP contribution in [0, 0.1) is 5.92 Å². The minimum absolute atomic E-state index is 0.0517. The molecule has 0 radical (unpaired) electrons. The van der Waals surface area contributed by atoms with Gasteiger partial charge in [0.1, 0.15) is 17.4 Å². The third-order valence-electron chi connectivity index (χ3n) is 3.61. The average Bonchev–Trinajstić information content (AvgIpc) is 2.97. The van der Waals surface area contributed by atoms with E-state index in [1.54, 1.807) is 12.1 Å². The first-order valence-corrected chi connectivity index (χ1v) is 6.97. The van der Waals surface area contributed by atoms with Crippen LogP contribution in [0.4, 0.5) is 13.2 Å². The molecule has 1 aliphatic rings. The van der Waals surface area contributed by atoms with Crippen LogP contribution >= 0.6 is 11.6 Å². The number of hydrogen-bond donors (Lipinski definition) is 1. The average molecular weight is 347 g/mol. The Bertz CT molecular complexity index is 740. The highest BCUT2D eigenvalue weighted by Crippen LogP contribution is 2.44. The minimum atomic E-state index is -4.80. The van der Waals surface area contributed by atoms with E-state index in [-0.39, 0.29) is 22.8 Å². The molecule has 4 nitrogen and oxygen atoms in total. The second-order valence-electron chi connectivity index (χ2n) is 5.15. The minimum Gasteiger partial charge on any atom is -0.481 e. The number of halogens is 4. The van der Waals surface area contributed by atoms with Crippen molar-refractivity contribution in [3.63, 3.8) is 0 Å². The van der Waals surface area contributed by atoms with E-state index in [9.17, 15) is 18.0 Å². The molecular weight excluding hydrogens is 337 g/mol. The molecule has 0 amide bonds. The van der Waals surface area contributed by atoms with Gasteiger partial charge in [0.2, 0.25) is 6.10 Å². The molecule has 2 atom stereocenters. The standard InChI is InChI=1S/C15H10ClF3O4/c16-8-4-7-5-10(14(20)21)13(15(17,18)19)23-12(7)9(6-8)11-2-1-3-22-11/h1-4,6,10,13H,5H2,(H,20,21). The summed E-state index contributed by atoms with van der Waals surface area (Å²) in [6.07, 6.45) is -6.20. The first-order chi connectivity index (χ1) is 10.8. The highest BCUT2D eigenvalue weighted by atomic mass is 35.5. The molecular formula is C15H10ClF3O4. The van der Waals surface area contributed by atoms with E-state index in [1.807, 2.05) is 0 Å². The molecule has 0 aliphatic carbocycles. The van der Waals surface area contributed by atoms with E-state index >= 15 is 0 Å². The Kier molecular flexibility index (Phi) is 3.75. The van der Waals surface area contributed by atoms with Crippen LogP contribution in [0.3, 0.4) is 0 Å². The lowest BCUT2D eigenvalue weighted by molar-refractivity contribution is -0.217. The third-order valence-corrected chi connectivity index (χ3v) is 3.83. The Balaban J connectivity index is 2.14. The zero-order valence-electron chi connectivity index (χ0n) is 11.4. The zero-order chi connectivity index (χ0) is 16.8. The summed E-state index contributed by atoms with van der Waals surface area (Å²) in [6, 6.07) is 5.97. The highest BCUT2D eigenvalue weighted by molar-refractivity contribution is 6.31. The maximum atomic E-state index is 13.2. The van der Waals surface area contributed by atoms with E-state index < -0.39 is 24.2 Å². The van der Waals surface area contributed by atoms with Crippen molar-refractivity contribution >= 4 is 17.6 Å². The molecule has 0 bridgehead atoms. The monoisotopic (exact) mass is 346 g/mol. The largest absolute Gasteiger partial charge is 0.481 e. The van der Waals surface area contributed by atoms with Crippen LogP contribution in [-0.2, 0) is 11.2 Å². The first-order valence-electron chi connectivity index (χ1n) is 6.60. The predicted molar refractivity (Wildman–Crippen MR) is 74.5 cm³/mol. The first kappa shape index (κ1) is 15.7. The van der Waals surface area contributed by atoms with Crippen LogP contribution < -0.4 is 4.74 Å². The van der Waals surface area contributed by atoms with Crippen LogP contribution in [0.2, 0.25) is 5.02 Å². The smallest absolute Gasteiger partial charge is 0.426 e. The van der Waals surface area contributed by atoms with Gasteiger partial charge in [0, 0.05) is 5.02 Å². The summed E-state index contributed by atoms with van der Waals surface area (Å²) in [5, 5.41) is 9.35. The fourth-order valence-electron chi connectivity index (χ4n) is 2.62. The number of carbonyl (C=O) groups is 1. The number of benzene rings is 1. The Morgan fingerprint density at radius 3 is 2.65 bits per heavy atom. The van der Waals surface area contributed by atoms with E-state index in [0.717, 1.165) is 0 Å². The van der Waals surface area contributed by atoms with Gasteiger partial charge in [-0.2, -0.15) is 13.2 Å². The van der Waals surface area contributed by atoms with E-state index in [2.05, 4.69) is 0 Å². The van der Waals surface area contributed by atoms with Crippen LogP contribution in [0.25, 0.3) is 11.3 Å². The van der Waals surface area contributed by atoms with Crippen LogP contribution in [0.1, 0.15) is 5.56 Å². The number of furan rings is 1. The number of carboxylic acids is 1. The topological polar surface area (TPSA) is 59.7 Å². The van der Waals surface area contributed by atoms with Crippen molar-refractivity contribution in [3.8, 4) is 17.1 Å². The molecule has 0 spiro atoms. The van der Waals surface area contributed by atoms with Crippen molar-refractivity contribution in [2.24, 2.45) is 5.92 Å². The molecule has 3 rings (SSSR count). The molecule has 0 fully saturated rings. The van der Waals surface area contributed by atoms with Crippen LogP contribution in [0.15, 0.2) is 34.9 Å².